The lowest BCUT2D eigenvalue weighted by molar-refractivity contribution is -0.121. The number of hydrogen-bond donors (Lipinski definition) is 1. The standard InChI is InChI=1S/C22H24N4O2S/c27-21(11-17-14-29-22-24-7-3-9-26(17)22)25-20-13-28-12-16(20)10-15-6-8-23-19-5-2-1-4-18(15)19/h1-2,4-6,8,14,16,20H,3,7,9-13H2,(H,25,27)/t16-,20+/m1/s1. The Labute approximate surface area is 174 Å². The molecule has 1 N–H and O–H groups in total. The van der Waals surface area contributed by atoms with Crippen molar-refractivity contribution in [2.75, 3.05) is 26.3 Å². The maximum atomic E-state index is 12.7. The van der Waals surface area contributed by atoms with Gasteiger partial charge in [0.25, 0.3) is 0 Å². The smallest absolute Gasteiger partial charge is 0.226 e. The molecule has 1 saturated heterocycles. The first-order valence-electron chi connectivity index (χ1n) is 10.2. The molecule has 150 valence electrons. The third-order valence-corrected chi connectivity index (χ3v) is 6.72. The summed E-state index contributed by atoms with van der Waals surface area (Å²) in [5.41, 5.74) is 3.32. The number of aliphatic imine (C=N–C) groups is 1. The minimum atomic E-state index is 0.0403. The number of hydrogen-bond acceptors (Lipinski definition) is 6. The van der Waals surface area contributed by atoms with Crippen LogP contribution >= 0.6 is 11.8 Å². The van der Waals surface area contributed by atoms with E-state index in [1.807, 2.05) is 24.4 Å². The van der Waals surface area contributed by atoms with Crippen LogP contribution in [0.1, 0.15) is 18.4 Å². The number of carbonyl (C=O) groups is 1. The molecule has 2 aromatic rings. The van der Waals surface area contributed by atoms with Gasteiger partial charge in [-0.05, 0) is 35.9 Å². The summed E-state index contributed by atoms with van der Waals surface area (Å²) < 4.78 is 5.73. The van der Waals surface area contributed by atoms with Gasteiger partial charge in [0.15, 0.2) is 5.17 Å². The van der Waals surface area contributed by atoms with Crippen molar-refractivity contribution in [2.24, 2.45) is 10.9 Å². The highest BCUT2D eigenvalue weighted by Crippen LogP contribution is 2.31. The summed E-state index contributed by atoms with van der Waals surface area (Å²) in [7, 11) is 0. The van der Waals surface area contributed by atoms with E-state index in [1.165, 1.54) is 10.9 Å². The number of amides is 1. The van der Waals surface area contributed by atoms with Crippen molar-refractivity contribution in [3.05, 3.63) is 53.2 Å². The van der Waals surface area contributed by atoms with Crippen molar-refractivity contribution in [3.63, 3.8) is 0 Å². The first kappa shape index (κ1) is 18.6. The van der Waals surface area contributed by atoms with Gasteiger partial charge in [0.2, 0.25) is 5.91 Å². The molecule has 1 amide bonds. The van der Waals surface area contributed by atoms with E-state index < -0.39 is 0 Å². The van der Waals surface area contributed by atoms with E-state index in [9.17, 15) is 4.79 Å². The van der Waals surface area contributed by atoms with Crippen LogP contribution in [0.4, 0.5) is 0 Å². The third kappa shape index (κ3) is 3.89. The molecule has 1 fully saturated rings. The number of nitrogens with zero attached hydrogens (tertiary/aromatic N) is 3. The van der Waals surface area contributed by atoms with Crippen LogP contribution in [0.15, 0.2) is 52.6 Å². The summed E-state index contributed by atoms with van der Waals surface area (Å²) in [6.45, 7) is 3.08. The topological polar surface area (TPSA) is 66.8 Å². The fourth-order valence-corrected chi connectivity index (χ4v) is 5.22. The molecule has 0 aliphatic carbocycles. The lowest BCUT2D eigenvalue weighted by Crippen LogP contribution is -2.41. The van der Waals surface area contributed by atoms with Crippen molar-refractivity contribution in [3.8, 4) is 0 Å². The fourth-order valence-electron chi connectivity index (χ4n) is 4.27. The molecule has 1 aromatic carbocycles. The predicted molar refractivity (Wildman–Crippen MR) is 116 cm³/mol. The second-order valence-corrected chi connectivity index (χ2v) is 8.57. The molecule has 0 saturated carbocycles. The van der Waals surface area contributed by atoms with E-state index in [0.717, 1.165) is 42.3 Å². The number of aromatic nitrogens is 1. The zero-order valence-corrected chi connectivity index (χ0v) is 17.0. The average Bonchev–Trinajstić information content (AvgIpc) is 3.35. The number of para-hydroxylation sites is 1. The second kappa shape index (κ2) is 8.16. The van der Waals surface area contributed by atoms with E-state index in [4.69, 9.17) is 4.74 Å². The summed E-state index contributed by atoms with van der Waals surface area (Å²) in [5.74, 6) is 0.326. The maximum Gasteiger partial charge on any atom is 0.226 e. The van der Waals surface area contributed by atoms with Crippen LogP contribution < -0.4 is 5.32 Å². The predicted octanol–water partition coefficient (Wildman–Crippen LogP) is 2.95. The highest BCUT2D eigenvalue weighted by Gasteiger charge is 2.32. The van der Waals surface area contributed by atoms with Gasteiger partial charge < -0.3 is 15.0 Å². The molecule has 0 unspecified atom stereocenters. The SMILES string of the molecule is O=C(CC1=CSC2=NCCCN12)N[C@H]1COC[C@H]1Cc1ccnc2ccccc12. The lowest BCUT2D eigenvalue weighted by atomic mass is 9.93. The van der Waals surface area contributed by atoms with Crippen molar-refractivity contribution in [1.29, 1.82) is 0 Å². The molecule has 6 nitrogen and oxygen atoms in total. The van der Waals surface area contributed by atoms with Gasteiger partial charge in [-0.25, -0.2) is 0 Å². The Morgan fingerprint density at radius 2 is 2.21 bits per heavy atom. The molecule has 3 aliphatic heterocycles. The molecule has 29 heavy (non-hydrogen) atoms. The second-order valence-electron chi connectivity index (χ2n) is 7.74. The van der Waals surface area contributed by atoms with Crippen molar-refractivity contribution in [2.45, 2.75) is 25.3 Å². The number of rotatable bonds is 5. The molecular formula is C22H24N4O2S. The Morgan fingerprint density at radius 3 is 3.17 bits per heavy atom. The Balaban J connectivity index is 1.24. The van der Waals surface area contributed by atoms with Crippen LogP contribution in [0, 0.1) is 5.92 Å². The van der Waals surface area contributed by atoms with Gasteiger partial charge in [0.1, 0.15) is 0 Å². The molecule has 0 bridgehead atoms. The van der Waals surface area contributed by atoms with Gasteiger partial charge >= 0.3 is 0 Å². The average molecular weight is 409 g/mol. The number of thioether (sulfide) groups is 1. The third-order valence-electron chi connectivity index (χ3n) is 5.77. The number of carbonyl (C=O) groups excluding carboxylic acids is 1. The Morgan fingerprint density at radius 1 is 1.28 bits per heavy atom. The first-order valence-corrected chi connectivity index (χ1v) is 11.0. The highest BCUT2D eigenvalue weighted by atomic mass is 32.2. The van der Waals surface area contributed by atoms with E-state index in [0.29, 0.717) is 19.6 Å². The summed E-state index contributed by atoms with van der Waals surface area (Å²) in [6.07, 6.45) is 4.17. The number of pyridine rings is 1. The van der Waals surface area contributed by atoms with Gasteiger partial charge in [0.05, 0.1) is 31.2 Å². The minimum Gasteiger partial charge on any atom is -0.379 e. The molecule has 3 aliphatic rings. The summed E-state index contributed by atoms with van der Waals surface area (Å²) in [4.78, 5) is 23.9. The molecule has 4 heterocycles. The number of benzene rings is 1. The Bertz CT molecular complexity index is 984. The molecule has 0 spiro atoms. The van der Waals surface area contributed by atoms with Crippen LogP contribution in [0.25, 0.3) is 10.9 Å². The van der Waals surface area contributed by atoms with Crippen LogP contribution in [-0.4, -0.2) is 53.3 Å². The van der Waals surface area contributed by atoms with Gasteiger partial charge in [-0.15, -0.1) is 0 Å². The minimum absolute atomic E-state index is 0.0403. The van der Waals surface area contributed by atoms with Gasteiger partial charge in [0, 0.05) is 36.3 Å². The Kier molecular flexibility index (Phi) is 5.24. The molecule has 5 rings (SSSR count). The largest absolute Gasteiger partial charge is 0.379 e. The van der Waals surface area contributed by atoms with Crippen molar-refractivity contribution >= 4 is 33.7 Å². The van der Waals surface area contributed by atoms with Crippen LogP contribution in [0.3, 0.4) is 0 Å². The van der Waals surface area contributed by atoms with E-state index in [1.54, 1.807) is 11.8 Å². The van der Waals surface area contributed by atoms with Crippen molar-refractivity contribution < 1.29 is 9.53 Å². The van der Waals surface area contributed by atoms with Gasteiger partial charge in [-0.2, -0.15) is 0 Å². The zero-order valence-electron chi connectivity index (χ0n) is 16.2. The summed E-state index contributed by atoms with van der Waals surface area (Å²) >= 11 is 1.63. The molecule has 1 aromatic heterocycles. The fraction of sp³-hybridized carbons (Fsp3) is 0.409. The number of ether oxygens (including phenoxy) is 1. The molecule has 0 radical (unpaired) electrons. The number of fused-ring (bicyclic) bond motifs is 2. The zero-order chi connectivity index (χ0) is 19.6. The monoisotopic (exact) mass is 408 g/mol. The number of nitrogens with one attached hydrogen (secondary N) is 1. The first-order chi connectivity index (χ1) is 14.3. The van der Waals surface area contributed by atoms with Gasteiger partial charge in [-0.3, -0.25) is 14.8 Å². The summed E-state index contributed by atoms with van der Waals surface area (Å²) in [6, 6.07) is 10.3. The van der Waals surface area contributed by atoms with E-state index >= 15 is 0 Å². The normalized spacial score (nSPS) is 23.7. The van der Waals surface area contributed by atoms with E-state index in [-0.39, 0.29) is 17.9 Å². The quantitative estimate of drug-likeness (QED) is 0.824. The Hall–Kier alpha value is -2.38. The highest BCUT2D eigenvalue weighted by molar-refractivity contribution is 8.16. The summed E-state index contributed by atoms with van der Waals surface area (Å²) in [5, 5.41) is 7.50. The maximum absolute atomic E-state index is 12.7. The van der Waals surface area contributed by atoms with Crippen LogP contribution in [0.5, 0.6) is 0 Å². The molecule has 2 atom stereocenters. The van der Waals surface area contributed by atoms with Crippen LogP contribution in [0.2, 0.25) is 0 Å². The number of amidine groups is 1. The lowest BCUT2D eigenvalue weighted by Gasteiger charge is -2.26. The van der Waals surface area contributed by atoms with E-state index in [2.05, 4.69) is 37.7 Å². The molecular weight excluding hydrogens is 384 g/mol. The van der Waals surface area contributed by atoms with Gasteiger partial charge in [-0.1, -0.05) is 30.0 Å². The van der Waals surface area contributed by atoms with Crippen molar-refractivity contribution in [1.82, 2.24) is 15.2 Å². The van der Waals surface area contributed by atoms with Crippen LogP contribution in [-0.2, 0) is 16.0 Å². The molecule has 7 heteroatoms.